The number of rotatable bonds is 17. The van der Waals surface area contributed by atoms with E-state index in [0.717, 1.165) is 123 Å². The predicted molar refractivity (Wildman–Crippen MR) is 608 cm³/mol. The van der Waals surface area contributed by atoms with Crippen LogP contribution in [0.1, 0.15) is 66.8 Å². The lowest BCUT2D eigenvalue weighted by atomic mass is 9.67. The van der Waals surface area contributed by atoms with Gasteiger partial charge < -0.3 is 28.0 Å². The first-order chi connectivity index (χ1) is 73.0. The van der Waals surface area contributed by atoms with Crippen molar-refractivity contribution in [3.8, 4) is 55.6 Å². The van der Waals surface area contributed by atoms with E-state index in [1.807, 2.05) is 0 Å². The minimum Gasteiger partial charge on any atom is -0.454 e. The van der Waals surface area contributed by atoms with Crippen molar-refractivity contribution < 1.29 is 13.3 Å². The molecule has 3 heterocycles. The maximum atomic E-state index is 7.07. The third-order valence-corrected chi connectivity index (χ3v) is 30.5. The summed E-state index contributed by atoms with van der Waals surface area (Å²) in [6.07, 6.45) is 0. The van der Waals surface area contributed by atoms with E-state index in [2.05, 4.69) is 591 Å². The highest BCUT2D eigenvalue weighted by atomic mass is 16.3. The molecule has 6 nitrogen and oxygen atoms in total. The highest BCUT2D eigenvalue weighted by Crippen LogP contribution is 2.62. The fourth-order valence-corrected chi connectivity index (χ4v) is 24.2. The third kappa shape index (κ3) is 14.2. The van der Waals surface area contributed by atoms with E-state index < -0.39 is 16.2 Å². The van der Waals surface area contributed by atoms with Crippen molar-refractivity contribution in [2.24, 2.45) is 0 Å². The number of benzene rings is 23. The second kappa shape index (κ2) is 36.4. The van der Waals surface area contributed by atoms with E-state index in [-0.39, 0.29) is 0 Å². The summed E-state index contributed by atoms with van der Waals surface area (Å²) in [7, 11) is 0. The highest BCUT2D eigenvalue weighted by Gasteiger charge is 2.50. The van der Waals surface area contributed by atoms with Gasteiger partial charge in [0.2, 0.25) is 0 Å². The molecule has 3 aliphatic carbocycles. The Bertz CT molecular complexity index is 9240. The smallest absolute Gasteiger partial charge is 0.159 e. The van der Waals surface area contributed by atoms with Crippen LogP contribution in [0, 0.1) is 0 Å². The zero-order valence-corrected chi connectivity index (χ0v) is 80.4. The molecule has 0 spiro atoms. The van der Waals surface area contributed by atoms with Gasteiger partial charge in [-0.05, 0) is 220 Å². The van der Waals surface area contributed by atoms with Crippen molar-refractivity contribution in [3.05, 3.63) is 643 Å². The van der Waals surface area contributed by atoms with Crippen LogP contribution in [0.3, 0.4) is 0 Å². The molecule has 0 aliphatic heterocycles. The van der Waals surface area contributed by atoms with Gasteiger partial charge in [-0.1, -0.05) is 473 Å². The lowest BCUT2D eigenvalue weighted by molar-refractivity contribution is 0.665. The highest BCUT2D eigenvalue weighted by molar-refractivity contribution is 6.14. The maximum Gasteiger partial charge on any atom is 0.159 e. The largest absolute Gasteiger partial charge is 0.454 e. The number of nitrogens with zero attached hydrogens (tertiary/aromatic N) is 3. The summed E-state index contributed by atoms with van der Waals surface area (Å²) in [6, 6.07) is 207. The SMILES string of the molecule is c1ccc(-c2ccc(N(c3ccccc3)c3cccc4c3oc3cc(C5(c6ccccc6)c6ccccc6-c6ccccc65)ccc34)cc2)cc1.c1ccc(-c2ccccc2N(c2ccccc2)c2cccc3c2oc2cc(C4(c5ccccc5)c5ccccc5-c5ccccc54)ccc23)cc1.c1ccc(N(c2ccccc2)c2cccc3c2oc2cc(C4(c5ccccc5)c5ccccc5-c5ccccc54)ccc23)cc1. The van der Waals surface area contributed by atoms with Gasteiger partial charge in [0.1, 0.15) is 16.7 Å². The summed E-state index contributed by atoms with van der Waals surface area (Å²) in [5, 5.41) is 6.60. The maximum absolute atomic E-state index is 7.07. The van der Waals surface area contributed by atoms with E-state index in [1.165, 1.54) is 117 Å². The van der Waals surface area contributed by atoms with Crippen molar-refractivity contribution in [1.82, 2.24) is 0 Å². The fraction of sp³-hybridized carbons (Fsp3) is 0.0213. The molecule has 147 heavy (non-hydrogen) atoms. The van der Waals surface area contributed by atoms with Gasteiger partial charge >= 0.3 is 0 Å². The van der Waals surface area contributed by atoms with E-state index in [4.69, 9.17) is 13.3 Å². The molecule has 6 heteroatoms. The van der Waals surface area contributed by atoms with Crippen LogP contribution in [0.25, 0.3) is 121 Å². The van der Waals surface area contributed by atoms with Crippen molar-refractivity contribution in [1.29, 1.82) is 0 Å². The number of fused-ring (bicyclic) bond motifs is 18. The first-order valence-corrected chi connectivity index (χ1v) is 50.5. The molecule has 0 radical (unpaired) electrons. The summed E-state index contributed by atoms with van der Waals surface area (Å²) in [4.78, 5) is 6.92. The Labute approximate surface area is 853 Å². The average molecular weight is 1880 g/mol. The lowest BCUT2D eigenvalue weighted by Crippen LogP contribution is -2.28. The Hall–Kier alpha value is -19.1. The molecule has 0 N–H and O–H groups in total. The van der Waals surface area contributed by atoms with Crippen LogP contribution in [-0.4, -0.2) is 0 Å². The molecule has 0 atom stereocenters. The summed E-state index contributed by atoms with van der Waals surface area (Å²) in [5.41, 5.74) is 40.7. The van der Waals surface area contributed by atoms with Crippen LogP contribution in [0.5, 0.6) is 0 Å². The van der Waals surface area contributed by atoms with Crippen LogP contribution < -0.4 is 14.7 Å². The monoisotopic (exact) mass is 1880 g/mol. The summed E-state index contributed by atoms with van der Waals surface area (Å²) >= 11 is 0. The molecule has 3 aliphatic rings. The Morgan fingerprint density at radius 1 is 0.136 bits per heavy atom. The van der Waals surface area contributed by atoms with Crippen LogP contribution >= 0.6 is 0 Å². The Kier molecular flexibility index (Phi) is 21.5. The third-order valence-electron chi connectivity index (χ3n) is 30.5. The molecule has 0 bridgehead atoms. The number of hydrogen-bond acceptors (Lipinski definition) is 6. The van der Waals surface area contributed by atoms with Gasteiger partial charge in [0, 0.05) is 66.3 Å². The Morgan fingerprint density at radius 2 is 0.361 bits per heavy atom. The van der Waals surface area contributed by atoms with E-state index in [1.54, 1.807) is 0 Å². The standard InChI is InChI=1S/2C49H33NO.C43H29NO/c1-4-17-34(18-5-1)38-23-12-15-29-45(38)50(37-21-8-3-9-22-37)46-30-16-26-42-41-32-31-36(33-47(41)51-48(42)46)49(35-19-6-2-7-20-35)43-27-13-10-24-39(43)40-25-11-14-28-44(40)49;1-4-15-34(16-5-1)35-27-30-39(31-28-35)50(38-19-8-3-9-20-38)46-26-14-23-43-42-32-29-37(33-47(42)51-48(43)46)49(36-17-6-2-7-18-36)44-24-12-10-21-40(44)41-22-11-13-25-45(41)49;1-4-15-30(16-5-1)43(38-24-12-10-21-34(38)35-22-11-13-25-39(35)43)31-27-28-36-37-23-14-26-40(42(37)45-41(36)29-31)44(32-17-6-2-7-18-32)33-19-8-3-9-20-33/h2*1-33H;1-29H. The molecular weight excluding hydrogens is 1780 g/mol. The molecule has 0 saturated heterocycles. The first-order valence-electron chi connectivity index (χ1n) is 50.5. The number of para-hydroxylation sites is 8. The molecule has 0 amide bonds. The minimum absolute atomic E-state index is 0.468. The van der Waals surface area contributed by atoms with Crippen LogP contribution in [0.2, 0.25) is 0 Å². The molecule has 0 fully saturated rings. The second-order valence-corrected chi connectivity index (χ2v) is 38.2. The quantitative estimate of drug-likeness (QED) is 0.0905. The zero-order chi connectivity index (χ0) is 97.4. The van der Waals surface area contributed by atoms with Crippen LogP contribution in [-0.2, 0) is 16.2 Å². The zero-order valence-electron chi connectivity index (χ0n) is 80.4. The van der Waals surface area contributed by atoms with Crippen molar-refractivity contribution in [2.75, 3.05) is 14.7 Å². The molecule has 26 aromatic rings. The number of furan rings is 3. The number of hydrogen-bond donors (Lipinski definition) is 0. The van der Waals surface area contributed by atoms with Gasteiger partial charge in [-0.15, -0.1) is 0 Å². The summed E-state index contributed by atoms with van der Waals surface area (Å²) < 4.78 is 21.0. The molecule has 3 aromatic heterocycles. The van der Waals surface area contributed by atoms with Crippen LogP contribution in [0.15, 0.2) is 590 Å². The van der Waals surface area contributed by atoms with Gasteiger partial charge in [-0.2, -0.15) is 0 Å². The van der Waals surface area contributed by atoms with Gasteiger partial charge in [0.25, 0.3) is 0 Å². The van der Waals surface area contributed by atoms with Gasteiger partial charge in [-0.3, -0.25) is 0 Å². The second-order valence-electron chi connectivity index (χ2n) is 38.2. The van der Waals surface area contributed by atoms with Crippen molar-refractivity contribution in [3.63, 3.8) is 0 Å². The molecule has 0 saturated carbocycles. The van der Waals surface area contributed by atoms with E-state index >= 15 is 0 Å². The van der Waals surface area contributed by atoms with Gasteiger partial charge in [-0.25, -0.2) is 0 Å². The summed E-state index contributed by atoms with van der Waals surface area (Å²) in [5.74, 6) is 0. The Balaban J connectivity index is 0.000000109. The fourth-order valence-electron chi connectivity index (χ4n) is 24.2. The predicted octanol–water partition coefficient (Wildman–Crippen LogP) is 37.6. The van der Waals surface area contributed by atoms with Gasteiger partial charge in [0.05, 0.1) is 39.0 Å². The number of anilines is 9. The molecule has 23 aromatic carbocycles. The topological polar surface area (TPSA) is 49.1 Å². The lowest BCUT2D eigenvalue weighted by Gasteiger charge is -2.33. The van der Waals surface area contributed by atoms with E-state index in [0.29, 0.717) is 0 Å². The molecule has 29 rings (SSSR count). The molecule has 692 valence electrons. The molecular formula is C141H95N3O3. The van der Waals surface area contributed by atoms with Gasteiger partial charge in [0.15, 0.2) is 16.7 Å². The van der Waals surface area contributed by atoms with Crippen LogP contribution in [0.4, 0.5) is 51.2 Å². The normalized spacial score (nSPS) is 12.9. The Morgan fingerprint density at radius 3 is 0.667 bits per heavy atom. The average Bonchev–Trinajstić information content (AvgIpc) is 1.54. The van der Waals surface area contributed by atoms with Crippen molar-refractivity contribution >= 4 is 117 Å². The van der Waals surface area contributed by atoms with E-state index in [9.17, 15) is 0 Å². The summed E-state index contributed by atoms with van der Waals surface area (Å²) in [6.45, 7) is 0. The first kappa shape index (κ1) is 86.9. The molecule has 0 unspecified atom stereocenters. The van der Waals surface area contributed by atoms with Crippen molar-refractivity contribution in [2.45, 2.75) is 16.2 Å². The minimum atomic E-state index is -0.491.